The van der Waals surface area contributed by atoms with E-state index in [1.165, 1.54) is 6.21 Å². The molecule has 70 valence electrons. The predicted octanol–water partition coefficient (Wildman–Crippen LogP) is 1.63. The van der Waals surface area contributed by atoms with Gasteiger partial charge in [-0.05, 0) is 24.3 Å². The van der Waals surface area contributed by atoms with Gasteiger partial charge in [0.15, 0.2) is 0 Å². The summed E-state index contributed by atoms with van der Waals surface area (Å²) in [4.78, 5) is 4.16. The van der Waals surface area contributed by atoms with Crippen LogP contribution in [0, 0.1) is 0 Å². The van der Waals surface area contributed by atoms with Crippen LogP contribution in [0.4, 0.5) is 5.69 Å². The Morgan fingerprint density at radius 1 is 1.36 bits per heavy atom. The SMILES string of the molecule is Nc1c(/C=N/O)ccc2ncccc12. The quantitative estimate of drug-likeness (QED) is 0.308. The number of anilines is 1. The molecule has 0 aliphatic rings. The number of aromatic nitrogens is 1. The molecule has 0 amide bonds. The lowest BCUT2D eigenvalue weighted by Gasteiger charge is -2.03. The molecule has 0 saturated carbocycles. The van der Waals surface area contributed by atoms with E-state index < -0.39 is 0 Å². The highest BCUT2D eigenvalue weighted by molar-refractivity contribution is 6.00. The third-order valence-electron chi connectivity index (χ3n) is 2.06. The molecule has 2 rings (SSSR count). The van der Waals surface area contributed by atoms with Crippen LogP contribution in [0.1, 0.15) is 5.56 Å². The zero-order valence-corrected chi connectivity index (χ0v) is 7.38. The van der Waals surface area contributed by atoms with Crippen molar-refractivity contribution in [2.75, 3.05) is 5.73 Å². The molecule has 0 atom stereocenters. The molecule has 4 heteroatoms. The van der Waals surface area contributed by atoms with Crippen molar-refractivity contribution in [3.63, 3.8) is 0 Å². The molecule has 0 bridgehead atoms. The first-order chi connectivity index (χ1) is 6.83. The zero-order valence-electron chi connectivity index (χ0n) is 7.38. The number of hydrogen-bond acceptors (Lipinski definition) is 4. The summed E-state index contributed by atoms with van der Waals surface area (Å²) >= 11 is 0. The number of pyridine rings is 1. The van der Waals surface area contributed by atoms with E-state index in [0.717, 1.165) is 10.9 Å². The molecule has 14 heavy (non-hydrogen) atoms. The van der Waals surface area contributed by atoms with Gasteiger partial charge in [-0.15, -0.1) is 0 Å². The monoisotopic (exact) mass is 187 g/mol. The third kappa shape index (κ3) is 1.26. The summed E-state index contributed by atoms with van der Waals surface area (Å²) in [7, 11) is 0. The first-order valence-electron chi connectivity index (χ1n) is 4.13. The van der Waals surface area contributed by atoms with Gasteiger partial charge in [-0.2, -0.15) is 0 Å². The molecule has 0 aliphatic carbocycles. The van der Waals surface area contributed by atoms with E-state index in [-0.39, 0.29) is 0 Å². The largest absolute Gasteiger partial charge is 0.411 e. The number of benzene rings is 1. The summed E-state index contributed by atoms with van der Waals surface area (Å²) < 4.78 is 0. The fraction of sp³-hybridized carbons (Fsp3) is 0. The maximum atomic E-state index is 8.41. The highest BCUT2D eigenvalue weighted by Crippen LogP contribution is 2.21. The van der Waals surface area contributed by atoms with Crippen LogP contribution < -0.4 is 5.73 Å². The van der Waals surface area contributed by atoms with Crippen LogP contribution in [0.5, 0.6) is 0 Å². The molecule has 0 fully saturated rings. The summed E-state index contributed by atoms with van der Waals surface area (Å²) in [6, 6.07) is 7.30. The van der Waals surface area contributed by atoms with Crippen molar-refractivity contribution in [1.29, 1.82) is 0 Å². The van der Waals surface area contributed by atoms with E-state index in [1.54, 1.807) is 12.3 Å². The first-order valence-corrected chi connectivity index (χ1v) is 4.13. The Bertz CT molecular complexity index is 494. The lowest BCUT2D eigenvalue weighted by atomic mass is 10.1. The fourth-order valence-corrected chi connectivity index (χ4v) is 1.37. The number of nitrogen functional groups attached to an aromatic ring is 1. The van der Waals surface area contributed by atoms with E-state index in [1.807, 2.05) is 18.2 Å². The maximum Gasteiger partial charge on any atom is 0.0754 e. The standard InChI is InChI=1S/C10H9N3O/c11-10-7(6-13-14)3-4-9-8(10)2-1-5-12-9/h1-6,14H,11H2/b13-6+. The van der Waals surface area contributed by atoms with Crippen LogP contribution in [0.3, 0.4) is 0 Å². The third-order valence-corrected chi connectivity index (χ3v) is 2.06. The average Bonchev–Trinajstić information content (AvgIpc) is 2.23. The highest BCUT2D eigenvalue weighted by atomic mass is 16.4. The molecular weight excluding hydrogens is 178 g/mol. The fourth-order valence-electron chi connectivity index (χ4n) is 1.37. The van der Waals surface area contributed by atoms with E-state index in [4.69, 9.17) is 10.9 Å². The lowest BCUT2D eigenvalue weighted by Crippen LogP contribution is -1.95. The molecule has 0 spiro atoms. The van der Waals surface area contributed by atoms with Crippen molar-refractivity contribution in [1.82, 2.24) is 4.98 Å². The molecule has 4 nitrogen and oxygen atoms in total. The Labute approximate surface area is 80.7 Å². The minimum absolute atomic E-state index is 0.577. The summed E-state index contributed by atoms with van der Waals surface area (Å²) in [5.74, 6) is 0. The van der Waals surface area contributed by atoms with Gasteiger partial charge >= 0.3 is 0 Å². The van der Waals surface area contributed by atoms with Gasteiger partial charge in [-0.25, -0.2) is 0 Å². The average molecular weight is 187 g/mol. The Hall–Kier alpha value is -2.10. The first kappa shape index (κ1) is 8.50. The van der Waals surface area contributed by atoms with Crippen LogP contribution in [-0.4, -0.2) is 16.4 Å². The molecule has 1 aromatic heterocycles. The highest BCUT2D eigenvalue weighted by Gasteiger charge is 2.02. The van der Waals surface area contributed by atoms with Crippen LogP contribution in [0.2, 0.25) is 0 Å². The minimum atomic E-state index is 0.577. The summed E-state index contributed by atoms with van der Waals surface area (Å²) in [5, 5.41) is 12.2. The van der Waals surface area contributed by atoms with Crippen molar-refractivity contribution >= 4 is 22.8 Å². The Morgan fingerprint density at radius 3 is 3.00 bits per heavy atom. The van der Waals surface area contributed by atoms with Crippen LogP contribution in [0.15, 0.2) is 35.6 Å². The van der Waals surface area contributed by atoms with E-state index in [0.29, 0.717) is 11.3 Å². The smallest absolute Gasteiger partial charge is 0.0754 e. The van der Waals surface area contributed by atoms with Crippen molar-refractivity contribution < 1.29 is 5.21 Å². The van der Waals surface area contributed by atoms with Crippen molar-refractivity contribution in [2.45, 2.75) is 0 Å². The van der Waals surface area contributed by atoms with Crippen LogP contribution in [0.25, 0.3) is 10.9 Å². The molecule has 0 aliphatic heterocycles. The Morgan fingerprint density at radius 2 is 2.21 bits per heavy atom. The van der Waals surface area contributed by atoms with Gasteiger partial charge in [-0.1, -0.05) is 5.16 Å². The van der Waals surface area contributed by atoms with Crippen molar-refractivity contribution in [3.8, 4) is 0 Å². The van der Waals surface area contributed by atoms with Gasteiger partial charge in [-0.3, -0.25) is 4.98 Å². The van der Waals surface area contributed by atoms with Gasteiger partial charge in [0, 0.05) is 22.8 Å². The van der Waals surface area contributed by atoms with Crippen LogP contribution >= 0.6 is 0 Å². The van der Waals surface area contributed by atoms with E-state index >= 15 is 0 Å². The van der Waals surface area contributed by atoms with Crippen molar-refractivity contribution in [3.05, 3.63) is 36.0 Å². The second kappa shape index (κ2) is 3.33. The summed E-state index contributed by atoms with van der Waals surface area (Å²) in [6.07, 6.45) is 3.02. The predicted molar refractivity (Wildman–Crippen MR) is 55.5 cm³/mol. The summed E-state index contributed by atoms with van der Waals surface area (Å²) in [5.41, 5.74) is 7.96. The van der Waals surface area contributed by atoms with Crippen molar-refractivity contribution in [2.24, 2.45) is 5.16 Å². The van der Waals surface area contributed by atoms with Gasteiger partial charge in [0.25, 0.3) is 0 Å². The Balaban J connectivity index is 2.75. The second-order valence-electron chi connectivity index (χ2n) is 2.88. The molecule has 0 saturated heterocycles. The topological polar surface area (TPSA) is 71.5 Å². The minimum Gasteiger partial charge on any atom is -0.411 e. The maximum absolute atomic E-state index is 8.41. The number of nitrogens with zero attached hydrogens (tertiary/aromatic N) is 2. The molecule has 1 heterocycles. The number of oxime groups is 1. The molecule has 0 radical (unpaired) electrons. The molecular formula is C10H9N3O. The van der Waals surface area contributed by atoms with Crippen LogP contribution in [-0.2, 0) is 0 Å². The molecule has 1 aromatic carbocycles. The lowest BCUT2D eigenvalue weighted by molar-refractivity contribution is 0.322. The molecule has 2 aromatic rings. The Kier molecular flexibility index (Phi) is 2.02. The van der Waals surface area contributed by atoms with Gasteiger partial charge in [0.05, 0.1) is 11.7 Å². The number of fused-ring (bicyclic) bond motifs is 1. The zero-order chi connectivity index (χ0) is 9.97. The van der Waals surface area contributed by atoms with E-state index in [2.05, 4.69) is 10.1 Å². The van der Waals surface area contributed by atoms with E-state index in [9.17, 15) is 0 Å². The normalized spacial score (nSPS) is 11.1. The second-order valence-corrected chi connectivity index (χ2v) is 2.88. The molecule has 0 unspecified atom stereocenters. The molecule has 3 N–H and O–H groups in total. The summed E-state index contributed by atoms with van der Waals surface area (Å²) in [6.45, 7) is 0. The number of nitrogens with two attached hydrogens (primary N) is 1. The van der Waals surface area contributed by atoms with Gasteiger partial charge in [0.2, 0.25) is 0 Å². The van der Waals surface area contributed by atoms with Gasteiger partial charge in [0.1, 0.15) is 0 Å². The van der Waals surface area contributed by atoms with Gasteiger partial charge < -0.3 is 10.9 Å². The number of rotatable bonds is 1. The number of hydrogen-bond donors (Lipinski definition) is 2.